The lowest BCUT2D eigenvalue weighted by atomic mass is 9.98. The first-order valence-corrected chi connectivity index (χ1v) is 7.64. The van der Waals surface area contributed by atoms with E-state index in [2.05, 4.69) is 34.0 Å². The Kier molecular flexibility index (Phi) is 5.24. The van der Waals surface area contributed by atoms with Crippen LogP contribution >= 0.6 is 11.5 Å². The molecule has 0 spiro atoms. The zero-order chi connectivity index (χ0) is 14.4. The number of aromatic nitrogens is 2. The van der Waals surface area contributed by atoms with E-state index in [9.17, 15) is 4.79 Å². The summed E-state index contributed by atoms with van der Waals surface area (Å²) in [5, 5.41) is 6.91. The molecule has 1 aromatic carbocycles. The Morgan fingerprint density at radius 2 is 2.10 bits per heavy atom. The van der Waals surface area contributed by atoms with Crippen LogP contribution in [0.15, 0.2) is 30.3 Å². The molecule has 1 heterocycles. The van der Waals surface area contributed by atoms with Crippen LogP contribution in [-0.4, -0.2) is 22.0 Å². The van der Waals surface area contributed by atoms with E-state index in [1.165, 1.54) is 5.56 Å². The standard InChI is InChI=1S/C15H19N3OS/c1-3-13-14(20-18-17-13)15(19)16-10-9-11(2)12-7-5-4-6-8-12/h4-8,11H,3,9-10H2,1-2H3,(H,16,19)/t11-/m0/s1. The number of amides is 1. The second-order valence-corrected chi connectivity index (χ2v) is 5.51. The molecule has 1 atom stereocenters. The highest BCUT2D eigenvalue weighted by atomic mass is 32.1. The molecule has 0 bridgehead atoms. The lowest BCUT2D eigenvalue weighted by Crippen LogP contribution is -2.25. The van der Waals surface area contributed by atoms with Crippen molar-refractivity contribution in [1.82, 2.24) is 14.9 Å². The highest BCUT2D eigenvalue weighted by Crippen LogP contribution is 2.18. The minimum absolute atomic E-state index is 0.0582. The molecule has 0 aliphatic heterocycles. The molecule has 0 aliphatic rings. The Bertz CT molecular complexity index is 553. The Morgan fingerprint density at radius 1 is 1.35 bits per heavy atom. The van der Waals surface area contributed by atoms with Gasteiger partial charge < -0.3 is 5.32 Å². The van der Waals surface area contributed by atoms with Crippen molar-refractivity contribution in [3.05, 3.63) is 46.5 Å². The summed E-state index contributed by atoms with van der Waals surface area (Å²) in [6.45, 7) is 4.81. The summed E-state index contributed by atoms with van der Waals surface area (Å²) in [5.74, 6) is 0.374. The van der Waals surface area contributed by atoms with E-state index in [-0.39, 0.29) is 5.91 Å². The van der Waals surface area contributed by atoms with Gasteiger partial charge in [0.05, 0.1) is 5.69 Å². The maximum absolute atomic E-state index is 12.0. The van der Waals surface area contributed by atoms with Crippen LogP contribution in [0.5, 0.6) is 0 Å². The Labute approximate surface area is 123 Å². The van der Waals surface area contributed by atoms with Gasteiger partial charge in [0.2, 0.25) is 0 Å². The van der Waals surface area contributed by atoms with Crippen LogP contribution in [0.2, 0.25) is 0 Å². The zero-order valence-electron chi connectivity index (χ0n) is 11.8. The Morgan fingerprint density at radius 3 is 2.80 bits per heavy atom. The lowest BCUT2D eigenvalue weighted by molar-refractivity contribution is 0.0955. The summed E-state index contributed by atoms with van der Waals surface area (Å²) < 4.78 is 3.84. The van der Waals surface area contributed by atoms with Gasteiger partial charge >= 0.3 is 0 Å². The highest BCUT2D eigenvalue weighted by molar-refractivity contribution is 7.08. The average molecular weight is 289 g/mol. The SMILES string of the molecule is CCc1nnsc1C(=O)NCC[C@H](C)c1ccccc1. The fourth-order valence-corrected chi connectivity index (χ4v) is 2.71. The van der Waals surface area contributed by atoms with Gasteiger partial charge in [0.25, 0.3) is 5.91 Å². The monoisotopic (exact) mass is 289 g/mol. The van der Waals surface area contributed by atoms with Crippen LogP contribution < -0.4 is 5.32 Å². The molecule has 5 heteroatoms. The Hall–Kier alpha value is -1.75. The van der Waals surface area contributed by atoms with Crippen molar-refractivity contribution in [2.45, 2.75) is 32.6 Å². The van der Waals surface area contributed by atoms with Crippen molar-refractivity contribution in [2.24, 2.45) is 0 Å². The summed E-state index contributed by atoms with van der Waals surface area (Å²) >= 11 is 1.16. The second-order valence-electron chi connectivity index (χ2n) is 4.76. The van der Waals surface area contributed by atoms with Crippen LogP contribution in [0.3, 0.4) is 0 Å². The summed E-state index contributed by atoms with van der Waals surface area (Å²) in [6, 6.07) is 10.3. The topological polar surface area (TPSA) is 54.9 Å². The Balaban J connectivity index is 1.83. The number of carbonyl (C=O) groups excluding carboxylic acids is 1. The molecular formula is C15H19N3OS. The van der Waals surface area contributed by atoms with E-state index >= 15 is 0 Å². The first-order valence-electron chi connectivity index (χ1n) is 6.86. The highest BCUT2D eigenvalue weighted by Gasteiger charge is 2.14. The van der Waals surface area contributed by atoms with Gasteiger partial charge in [-0.3, -0.25) is 4.79 Å². The van der Waals surface area contributed by atoms with Crippen LogP contribution in [0.4, 0.5) is 0 Å². The van der Waals surface area contributed by atoms with Crippen molar-refractivity contribution in [3.8, 4) is 0 Å². The van der Waals surface area contributed by atoms with E-state index in [4.69, 9.17) is 0 Å². The summed E-state index contributed by atoms with van der Waals surface area (Å²) in [6.07, 6.45) is 1.66. The molecule has 20 heavy (non-hydrogen) atoms. The molecule has 0 saturated carbocycles. The number of rotatable bonds is 6. The molecule has 1 N–H and O–H groups in total. The third-order valence-corrected chi connectivity index (χ3v) is 4.10. The molecule has 4 nitrogen and oxygen atoms in total. The predicted octanol–water partition coefficient (Wildman–Crippen LogP) is 3.02. The van der Waals surface area contributed by atoms with Gasteiger partial charge in [-0.15, -0.1) is 5.10 Å². The molecule has 1 amide bonds. The predicted molar refractivity (Wildman–Crippen MR) is 81.1 cm³/mol. The number of nitrogens with one attached hydrogen (secondary N) is 1. The number of hydrogen-bond acceptors (Lipinski definition) is 4. The van der Waals surface area contributed by atoms with E-state index in [0.717, 1.165) is 30.1 Å². The molecule has 0 saturated heterocycles. The zero-order valence-corrected chi connectivity index (χ0v) is 12.6. The third-order valence-electron chi connectivity index (χ3n) is 3.33. The quantitative estimate of drug-likeness (QED) is 0.889. The summed E-state index contributed by atoms with van der Waals surface area (Å²) in [4.78, 5) is 12.7. The van der Waals surface area contributed by atoms with Gasteiger partial charge in [-0.05, 0) is 35.9 Å². The minimum Gasteiger partial charge on any atom is -0.351 e. The first kappa shape index (κ1) is 14.7. The number of nitrogens with zero attached hydrogens (tertiary/aromatic N) is 2. The summed E-state index contributed by atoms with van der Waals surface area (Å²) in [5.41, 5.74) is 2.08. The maximum Gasteiger partial charge on any atom is 0.264 e. The van der Waals surface area contributed by atoms with Crippen molar-refractivity contribution in [2.75, 3.05) is 6.54 Å². The van der Waals surface area contributed by atoms with Crippen LogP contribution in [0.25, 0.3) is 0 Å². The maximum atomic E-state index is 12.0. The largest absolute Gasteiger partial charge is 0.351 e. The molecule has 0 radical (unpaired) electrons. The van der Waals surface area contributed by atoms with E-state index < -0.39 is 0 Å². The second kappa shape index (κ2) is 7.14. The van der Waals surface area contributed by atoms with Crippen molar-refractivity contribution in [1.29, 1.82) is 0 Å². The number of carbonyl (C=O) groups is 1. The van der Waals surface area contributed by atoms with Gasteiger partial charge in [0, 0.05) is 6.54 Å². The third kappa shape index (κ3) is 3.63. The fourth-order valence-electron chi connectivity index (χ4n) is 2.04. The van der Waals surface area contributed by atoms with E-state index in [1.54, 1.807) is 0 Å². The van der Waals surface area contributed by atoms with Crippen LogP contribution in [-0.2, 0) is 6.42 Å². The molecule has 1 aromatic heterocycles. The van der Waals surface area contributed by atoms with Gasteiger partial charge in [-0.2, -0.15) is 0 Å². The van der Waals surface area contributed by atoms with Crippen molar-refractivity contribution >= 4 is 17.4 Å². The molecule has 106 valence electrons. The normalized spacial score (nSPS) is 12.1. The lowest BCUT2D eigenvalue weighted by Gasteiger charge is -2.12. The fraction of sp³-hybridized carbons (Fsp3) is 0.400. The van der Waals surface area contributed by atoms with Gasteiger partial charge in [0.1, 0.15) is 4.88 Å². The molecule has 2 rings (SSSR count). The van der Waals surface area contributed by atoms with Gasteiger partial charge in [0.15, 0.2) is 0 Å². The molecule has 2 aromatic rings. The number of benzene rings is 1. The molecule has 0 unspecified atom stereocenters. The molecule has 0 aliphatic carbocycles. The van der Waals surface area contributed by atoms with Crippen molar-refractivity contribution < 1.29 is 4.79 Å². The summed E-state index contributed by atoms with van der Waals surface area (Å²) in [7, 11) is 0. The smallest absolute Gasteiger partial charge is 0.264 e. The number of hydrogen-bond donors (Lipinski definition) is 1. The molecule has 0 fully saturated rings. The van der Waals surface area contributed by atoms with Gasteiger partial charge in [-0.1, -0.05) is 48.7 Å². The molecular weight excluding hydrogens is 270 g/mol. The minimum atomic E-state index is -0.0582. The number of aryl methyl sites for hydroxylation is 1. The van der Waals surface area contributed by atoms with Gasteiger partial charge in [-0.25, -0.2) is 0 Å². The van der Waals surface area contributed by atoms with Crippen molar-refractivity contribution in [3.63, 3.8) is 0 Å². The van der Waals surface area contributed by atoms with E-state index in [0.29, 0.717) is 17.3 Å². The average Bonchev–Trinajstić information content (AvgIpc) is 2.96. The van der Waals surface area contributed by atoms with E-state index in [1.807, 2.05) is 25.1 Å². The van der Waals surface area contributed by atoms with Crippen LogP contribution in [0.1, 0.15) is 47.1 Å². The first-order chi connectivity index (χ1) is 9.72. The van der Waals surface area contributed by atoms with Crippen LogP contribution in [0, 0.1) is 0 Å².